The maximum atomic E-state index is 14.7. The molecule has 12 heteroatoms. The topological polar surface area (TPSA) is 128 Å². The Morgan fingerprint density at radius 2 is 1.74 bits per heavy atom. The van der Waals surface area contributed by atoms with E-state index in [1.54, 1.807) is 20.0 Å². The molecule has 1 aromatic carbocycles. The van der Waals surface area contributed by atoms with Crippen molar-refractivity contribution in [1.82, 2.24) is 19.9 Å². The first-order valence-corrected chi connectivity index (χ1v) is 14.9. The molecule has 0 bridgehead atoms. The minimum absolute atomic E-state index is 0.0248. The number of nitrogens with zero attached hydrogens (tertiary/aromatic N) is 5. The largest absolute Gasteiger partial charge is 0.390 e. The molecule has 0 radical (unpaired) electrons. The molecule has 0 aliphatic heterocycles. The maximum Gasteiger partial charge on any atom is 0.228 e. The van der Waals surface area contributed by atoms with E-state index in [0.717, 1.165) is 28.8 Å². The predicted molar refractivity (Wildman–Crippen MR) is 157 cm³/mol. The van der Waals surface area contributed by atoms with Crippen molar-refractivity contribution in [2.75, 3.05) is 10.2 Å². The maximum absolute atomic E-state index is 14.7. The number of aryl methyl sites for hydroxylation is 2. The first-order chi connectivity index (χ1) is 19.9. The number of fused-ring (bicyclic) bond motifs is 1. The smallest absolute Gasteiger partial charge is 0.228 e. The van der Waals surface area contributed by atoms with Crippen LogP contribution in [0.4, 0.5) is 20.5 Å². The molecule has 2 aliphatic rings. The number of aliphatic hydroxyl groups excluding tert-OH is 2. The van der Waals surface area contributed by atoms with Crippen LogP contribution in [0.25, 0.3) is 20.8 Å². The molecule has 2 aliphatic carbocycles. The lowest BCUT2D eigenvalue weighted by Crippen LogP contribution is -2.40. The van der Waals surface area contributed by atoms with Crippen molar-refractivity contribution in [2.45, 2.75) is 83.4 Å². The van der Waals surface area contributed by atoms with E-state index in [1.165, 1.54) is 29.5 Å². The van der Waals surface area contributed by atoms with Crippen molar-refractivity contribution < 1.29 is 24.1 Å². The fraction of sp³-hybridized carbons (Fsp3) is 0.467. The van der Waals surface area contributed by atoms with E-state index >= 15 is 0 Å². The number of hydrogen-bond donors (Lipinski definition) is 4. The lowest BCUT2D eigenvalue weighted by atomic mass is 9.88. The van der Waals surface area contributed by atoms with E-state index in [9.17, 15) is 24.1 Å². The monoisotopic (exact) mass is 596 g/mol. The number of anilines is 2. The number of rotatable bonds is 8. The van der Waals surface area contributed by atoms with Gasteiger partial charge in [-0.05, 0) is 65.2 Å². The van der Waals surface area contributed by atoms with Gasteiger partial charge in [0.05, 0.1) is 45.9 Å². The van der Waals surface area contributed by atoms with Crippen molar-refractivity contribution in [2.24, 2.45) is 5.92 Å². The van der Waals surface area contributed by atoms with E-state index in [0.29, 0.717) is 34.5 Å². The summed E-state index contributed by atoms with van der Waals surface area (Å²) in [7, 11) is 0. The zero-order valence-corrected chi connectivity index (χ0v) is 24.7. The molecule has 4 aromatic rings. The highest BCUT2D eigenvalue weighted by Gasteiger charge is 2.48. The van der Waals surface area contributed by atoms with Crippen LogP contribution in [-0.4, -0.2) is 65.1 Å². The van der Waals surface area contributed by atoms with Crippen LogP contribution in [-0.2, 0) is 6.54 Å². The third-order valence-electron chi connectivity index (χ3n) is 8.33. The predicted octanol–water partition coefficient (Wildman–Crippen LogP) is 4.51. The standard InChI is InChI=1S/C30H34F2N6O3S/c1-14-23(28-36-24-15(2)33-11-10-22(24)42-28)27(35-21-12-18(30(3,4)41)25(39)26(21)40)37-29(34-14)38(16-8-9-16)13-17-19(31)6-5-7-20(17)32/h5-7,10-11,16,18,21,25-26,39-41H,8-9,12-13H2,1-4H3,(H,34,35,37)/t18-,21?,25+,26-/m0/s1. The van der Waals surface area contributed by atoms with E-state index < -0.39 is 41.4 Å². The van der Waals surface area contributed by atoms with Gasteiger partial charge in [0.2, 0.25) is 5.95 Å². The molecular weight excluding hydrogens is 562 g/mol. The fourth-order valence-corrected chi connectivity index (χ4v) is 6.90. The molecule has 0 spiro atoms. The first-order valence-electron chi connectivity index (χ1n) is 14.1. The van der Waals surface area contributed by atoms with E-state index in [1.807, 2.05) is 24.8 Å². The molecule has 4 N–H and O–H groups in total. The lowest BCUT2D eigenvalue weighted by molar-refractivity contribution is -0.0601. The molecule has 42 heavy (non-hydrogen) atoms. The molecule has 9 nitrogen and oxygen atoms in total. The highest BCUT2D eigenvalue weighted by Crippen LogP contribution is 2.41. The number of aromatic nitrogens is 4. The number of benzene rings is 1. The molecule has 2 fully saturated rings. The summed E-state index contributed by atoms with van der Waals surface area (Å²) < 4.78 is 30.3. The quantitative estimate of drug-likeness (QED) is 0.232. The van der Waals surface area contributed by atoms with Crippen LogP contribution in [0.3, 0.4) is 0 Å². The van der Waals surface area contributed by atoms with Gasteiger partial charge < -0.3 is 25.5 Å². The second kappa shape index (κ2) is 10.7. The van der Waals surface area contributed by atoms with Crippen molar-refractivity contribution >= 4 is 33.3 Å². The summed E-state index contributed by atoms with van der Waals surface area (Å²) >= 11 is 1.46. The van der Waals surface area contributed by atoms with Gasteiger partial charge in [-0.15, -0.1) is 11.3 Å². The minimum atomic E-state index is -1.21. The summed E-state index contributed by atoms with van der Waals surface area (Å²) in [5.74, 6) is -1.15. The number of aliphatic hydroxyl groups is 3. The Morgan fingerprint density at radius 1 is 1.02 bits per heavy atom. The number of hydrogen-bond acceptors (Lipinski definition) is 10. The van der Waals surface area contributed by atoms with Crippen molar-refractivity contribution in [3.05, 3.63) is 59.0 Å². The van der Waals surface area contributed by atoms with Gasteiger partial charge in [-0.2, -0.15) is 4.98 Å². The average Bonchev–Trinajstić information content (AvgIpc) is 3.60. The molecule has 222 valence electrons. The Bertz CT molecular complexity index is 1620. The lowest BCUT2D eigenvalue weighted by Gasteiger charge is -2.28. The number of nitrogens with one attached hydrogen (secondary N) is 1. The van der Waals surface area contributed by atoms with Crippen molar-refractivity contribution in [1.29, 1.82) is 0 Å². The van der Waals surface area contributed by atoms with Crippen LogP contribution in [0.2, 0.25) is 0 Å². The van der Waals surface area contributed by atoms with Crippen molar-refractivity contribution in [3.63, 3.8) is 0 Å². The Hall–Kier alpha value is -3.32. The molecular formula is C30H34F2N6O3S. The molecule has 0 amide bonds. The highest BCUT2D eigenvalue weighted by atomic mass is 32.1. The van der Waals surface area contributed by atoms with E-state index in [2.05, 4.69) is 10.3 Å². The van der Waals surface area contributed by atoms with Gasteiger partial charge in [0, 0.05) is 23.7 Å². The normalized spacial score (nSPS) is 22.6. The summed E-state index contributed by atoms with van der Waals surface area (Å²) in [4.78, 5) is 20.7. The molecule has 3 aromatic heterocycles. The van der Waals surface area contributed by atoms with Gasteiger partial charge in [0.15, 0.2) is 0 Å². The van der Waals surface area contributed by atoms with E-state index in [-0.39, 0.29) is 18.2 Å². The van der Waals surface area contributed by atoms with Crippen LogP contribution in [0, 0.1) is 31.4 Å². The number of halogens is 2. The van der Waals surface area contributed by atoms with Gasteiger partial charge >= 0.3 is 0 Å². The van der Waals surface area contributed by atoms with Gasteiger partial charge in [0.1, 0.15) is 34.1 Å². The Balaban J connectivity index is 1.45. The summed E-state index contributed by atoms with van der Waals surface area (Å²) in [6, 6.07) is 5.10. The third kappa shape index (κ3) is 5.32. The Labute approximate surface area is 246 Å². The van der Waals surface area contributed by atoms with Crippen molar-refractivity contribution in [3.8, 4) is 10.6 Å². The van der Waals surface area contributed by atoms with Crippen LogP contribution >= 0.6 is 11.3 Å². The SMILES string of the molecule is Cc1nc(N(Cc2c(F)cccc2F)C2CC2)nc(NC2C[C@H](C(C)(C)O)[C@@H](O)[C@H]2O)c1-c1nc2c(C)nccc2s1. The summed E-state index contributed by atoms with van der Waals surface area (Å²) in [6.45, 7) is 6.90. The summed E-state index contributed by atoms with van der Waals surface area (Å²) in [5, 5.41) is 36.4. The fourth-order valence-electron chi connectivity index (χ4n) is 5.79. The third-order valence-corrected chi connectivity index (χ3v) is 9.37. The Morgan fingerprint density at radius 3 is 2.36 bits per heavy atom. The van der Waals surface area contributed by atoms with Crippen LogP contribution < -0.4 is 10.2 Å². The van der Waals surface area contributed by atoms with Gasteiger partial charge in [0.25, 0.3) is 0 Å². The number of pyridine rings is 1. The van der Waals surface area contributed by atoms with Crippen LogP contribution in [0.1, 0.15) is 50.1 Å². The zero-order chi connectivity index (χ0) is 29.9. The molecule has 4 atom stereocenters. The first kappa shape index (κ1) is 28.8. The van der Waals surface area contributed by atoms with Gasteiger partial charge in [-0.1, -0.05) is 6.07 Å². The highest BCUT2D eigenvalue weighted by molar-refractivity contribution is 7.21. The Kier molecular flexibility index (Phi) is 7.37. The van der Waals surface area contributed by atoms with Crippen LogP contribution in [0.15, 0.2) is 30.5 Å². The summed E-state index contributed by atoms with van der Waals surface area (Å²) in [6.07, 6.45) is 1.40. The van der Waals surface area contributed by atoms with Gasteiger partial charge in [-0.3, -0.25) is 4.98 Å². The molecule has 0 saturated heterocycles. The molecule has 6 rings (SSSR count). The molecule has 3 heterocycles. The minimum Gasteiger partial charge on any atom is -0.390 e. The second-order valence-electron chi connectivity index (χ2n) is 11.9. The number of thiazole rings is 1. The molecule has 2 saturated carbocycles. The molecule has 1 unspecified atom stereocenters. The zero-order valence-electron chi connectivity index (χ0n) is 23.8. The van der Waals surface area contributed by atoms with Crippen LogP contribution in [0.5, 0.6) is 0 Å². The second-order valence-corrected chi connectivity index (χ2v) is 12.9. The van der Waals surface area contributed by atoms with E-state index in [4.69, 9.17) is 15.0 Å². The van der Waals surface area contributed by atoms with Gasteiger partial charge in [-0.25, -0.2) is 18.7 Å². The summed E-state index contributed by atoms with van der Waals surface area (Å²) in [5.41, 5.74) is 1.50. The average molecular weight is 597 g/mol.